The second-order valence-corrected chi connectivity index (χ2v) is 5.42. The molecule has 0 spiro atoms. The Bertz CT molecular complexity index is 717. The summed E-state index contributed by atoms with van der Waals surface area (Å²) < 4.78 is 2.86. The molecule has 6 nitrogen and oxygen atoms in total. The normalized spacial score (nSPS) is 14.8. The second-order valence-electron chi connectivity index (χ2n) is 5.04. The number of hydrogen-bond donors (Lipinski definition) is 3. The Hall–Kier alpha value is -1.89. The van der Waals surface area contributed by atoms with E-state index in [1.54, 1.807) is 6.33 Å². The lowest BCUT2D eigenvalue weighted by atomic mass is 10.1. The molecule has 0 atom stereocenters. The Morgan fingerprint density at radius 1 is 1.50 bits per heavy atom. The molecule has 0 saturated carbocycles. The van der Waals surface area contributed by atoms with Crippen molar-refractivity contribution in [1.82, 2.24) is 19.9 Å². The number of H-pyrrole nitrogens is 1. The van der Waals surface area contributed by atoms with Gasteiger partial charge in [0, 0.05) is 24.3 Å². The van der Waals surface area contributed by atoms with Crippen molar-refractivity contribution in [3.8, 4) is 0 Å². The fourth-order valence-corrected chi connectivity index (χ4v) is 3.22. The summed E-state index contributed by atoms with van der Waals surface area (Å²) in [5.74, 6) is 0. The van der Waals surface area contributed by atoms with Gasteiger partial charge in [-0.3, -0.25) is 0 Å². The zero-order valence-corrected chi connectivity index (χ0v) is 11.9. The summed E-state index contributed by atoms with van der Waals surface area (Å²) in [7, 11) is 0. The Morgan fingerprint density at radius 3 is 3.15 bits per heavy atom. The summed E-state index contributed by atoms with van der Waals surface area (Å²) in [6.07, 6.45) is 6.11. The van der Waals surface area contributed by atoms with Gasteiger partial charge in [0.25, 0.3) is 0 Å². The van der Waals surface area contributed by atoms with Crippen LogP contribution in [0.3, 0.4) is 0 Å². The van der Waals surface area contributed by atoms with Gasteiger partial charge >= 0.3 is 6.03 Å². The molecule has 7 heteroatoms. The van der Waals surface area contributed by atoms with Gasteiger partial charge in [-0.05, 0) is 19.3 Å². The standard InChI is InChI=1S/C13H17N5OS/c14-13(19)15-6-8-9-4-2-1-3-5-18(9)11-10(8)16-7-17-12(11)20/h7H,1-6H2,(H3,14,15,19)(H,16,17,20). The van der Waals surface area contributed by atoms with Crippen molar-refractivity contribution >= 4 is 29.3 Å². The number of nitrogens with two attached hydrogens (primary N) is 1. The largest absolute Gasteiger partial charge is 0.352 e. The molecule has 1 aliphatic heterocycles. The van der Waals surface area contributed by atoms with Gasteiger partial charge in [0.1, 0.15) is 5.52 Å². The smallest absolute Gasteiger partial charge is 0.312 e. The number of urea groups is 1. The average Bonchev–Trinajstić information content (AvgIpc) is 2.57. The number of primary amides is 1. The van der Waals surface area contributed by atoms with Crippen LogP contribution in [0.5, 0.6) is 0 Å². The van der Waals surface area contributed by atoms with Crippen molar-refractivity contribution in [1.29, 1.82) is 0 Å². The molecule has 0 bridgehead atoms. The van der Waals surface area contributed by atoms with Crippen molar-refractivity contribution in [2.75, 3.05) is 0 Å². The lowest BCUT2D eigenvalue weighted by Gasteiger charge is -2.07. The summed E-state index contributed by atoms with van der Waals surface area (Å²) in [4.78, 5) is 18.3. The van der Waals surface area contributed by atoms with Crippen LogP contribution in [-0.2, 0) is 19.5 Å². The Labute approximate surface area is 121 Å². The highest BCUT2D eigenvalue weighted by molar-refractivity contribution is 7.71. The molecule has 4 N–H and O–H groups in total. The summed E-state index contributed by atoms with van der Waals surface area (Å²) in [6, 6.07) is -0.514. The molecule has 0 aliphatic carbocycles. The van der Waals surface area contributed by atoms with E-state index >= 15 is 0 Å². The number of aromatic amines is 1. The van der Waals surface area contributed by atoms with Gasteiger partial charge in [0.2, 0.25) is 0 Å². The number of aryl methyl sites for hydroxylation is 1. The van der Waals surface area contributed by atoms with Gasteiger partial charge in [0.05, 0.1) is 11.8 Å². The third-order valence-electron chi connectivity index (χ3n) is 3.81. The summed E-state index contributed by atoms with van der Waals surface area (Å²) in [6.45, 7) is 1.37. The number of rotatable bonds is 2. The molecule has 0 aromatic carbocycles. The van der Waals surface area contributed by atoms with E-state index in [0.717, 1.165) is 42.4 Å². The maximum Gasteiger partial charge on any atom is 0.312 e. The molecule has 106 valence electrons. The number of amides is 2. The zero-order chi connectivity index (χ0) is 14.1. The van der Waals surface area contributed by atoms with Gasteiger partial charge in [-0.1, -0.05) is 18.6 Å². The number of aromatic nitrogens is 3. The maximum atomic E-state index is 11.0. The molecular formula is C13H17N5OS. The number of carbonyl (C=O) groups excluding carboxylic acids is 1. The lowest BCUT2D eigenvalue weighted by molar-refractivity contribution is 0.248. The molecule has 0 radical (unpaired) electrons. The molecule has 3 heterocycles. The monoisotopic (exact) mass is 291 g/mol. The quantitative estimate of drug-likeness (QED) is 0.739. The van der Waals surface area contributed by atoms with Crippen LogP contribution in [0.4, 0.5) is 4.79 Å². The van der Waals surface area contributed by atoms with E-state index in [0.29, 0.717) is 11.2 Å². The van der Waals surface area contributed by atoms with Crippen LogP contribution in [-0.4, -0.2) is 20.6 Å². The summed E-state index contributed by atoms with van der Waals surface area (Å²) in [5.41, 5.74) is 9.45. The first-order valence-electron chi connectivity index (χ1n) is 6.79. The molecule has 20 heavy (non-hydrogen) atoms. The number of nitrogens with one attached hydrogen (secondary N) is 2. The van der Waals surface area contributed by atoms with E-state index < -0.39 is 6.03 Å². The topological polar surface area (TPSA) is 88.7 Å². The van der Waals surface area contributed by atoms with E-state index in [1.165, 1.54) is 12.1 Å². The van der Waals surface area contributed by atoms with E-state index in [9.17, 15) is 4.79 Å². The van der Waals surface area contributed by atoms with Crippen LogP contribution in [0.25, 0.3) is 11.0 Å². The van der Waals surface area contributed by atoms with Crippen molar-refractivity contribution in [2.24, 2.45) is 5.73 Å². The maximum absolute atomic E-state index is 11.0. The molecule has 2 amide bonds. The van der Waals surface area contributed by atoms with Gasteiger partial charge in [0.15, 0.2) is 4.64 Å². The minimum atomic E-state index is -0.514. The number of fused-ring (bicyclic) bond motifs is 3. The number of hydrogen-bond acceptors (Lipinski definition) is 3. The highest BCUT2D eigenvalue weighted by Crippen LogP contribution is 2.29. The Kier molecular flexibility index (Phi) is 3.43. The van der Waals surface area contributed by atoms with Crippen LogP contribution in [0.15, 0.2) is 6.33 Å². The predicted molar refractivity (Wildman–Crippen MR) is 78.9 cm³/mol. The lowest BCUT2D eigenvalue weighted by Crippen LogP contribution is -2.29. The van der Waals surface area contributed by atoms with Crippen LogP contribution in [0.1, 0.15) is 30.5 Å². The van der Waals surface area contributed by atoms with Crippen LogP contribution in [0, 0.1) is 4.64 Å². The molecule has 2 aromatic rings. The van der Waals surface area contributed by atoms with Crippen molar-refractivity contribution < 1.29 is 4.79 Å². The Morgan fingerprint density at radius 2 is 2.35 bits per heavy atom. The third kappa shape index (κ3) is 2.18. The molecule has 2 aromatic heterocycles. The third-order valence-corrected chi connectivity index (χ3v) is 4.11. The summed E-state index contributed by atoms with van der Waals surface area (Å²) in [5, 5.41) is 2.68. The fraction of sp³-hybridized carbons (Fsp3) is 0.462. The van der Waals surface area contributed by atoms with Gasteiger partial charge in [-0.25, -0.2) is 9.78 Å². The van der Waals surface area contributed by atoms with Gasteiger partial charge < -0.3 is 20.6 Å². The molecule has 3 rings (SSSR count). The Balaban J connectivity index is 2.21. The van der Waals surface area contributed by atoms with Crippen LogP contribution < -0.4 is 11.1 Å². The molecular weight excluding hydrogens is 274 g/mol. The molecule has 1 aliphatic rings. The first-order chi connectivity index (χ1) is 9.68. The first-order valence-corrected chi connectivity index (χ1v) is 7.20. The number of carbonyl (C=O) groups is 1. The van der Waals surface area contributed by atoms with E-state index in [2.05, 4.69) is 19.9 Å². The summed E-state index contributed by atoms with van der Waals surface area (Å²) >= 11 is 5.37. The molecule has 0 unspecified atom stereocenters. The molecule has 0 saturated heterocycles. The van der Waals surface area contributed by atoms with Crippen molar-refractivity contribution in [3.63, 3.8) is 0 Å². The SMILES string of the molecule is NC(=O)NCc1c2n(c3c(=S)nc[nH]c13)CCCCC2. The average molecular weight is 291 g/mol. The van der Waals surface area contributed by atoms with Gasteiger partial charge in [-0.2, -0.15) is 0 Å². The van der Waals surface area contributed by atoms with E-state index in [1.807, 2.05) is 0 Å². The highest BCUT2D eigenvalue weighted by Gasteiger charge is 2.20. The minimum Gasteiger partial charge on any atom is -0.352 e. The number of nitrogens with zero attached hydrogens (tertiary/aromatic N) is 2. The van der Waals surface area contributed by atoms with Crippen LogP contribution >= 0.6 is 12.2 Å². The van der Waals surface area contributed by atoms with Gasteiger partial charge in [-0.15, -0.1) is 0 Å². The van der Waals surface area contributed by atoms with Crippen molar-refractivity contribution in [3.05, 3.63) is 22.2 Å². The predicted octanol–water partition coefficient (Wildman–Crippen LogP) is 1.99. The van der Waals surface area contributed by atoms with Crippen molar-refractivity contribution in [2.45, 2.75) is 38.8 Å². The highest BCUT2D eigenvalue weighted by atomic mass is 32.1. The second kappa shape index (κ2) is 5.24. The van der Waals surface area contributed by atoms with E-state index in [-0.39, 0.29) is 0 Å². The fourth-order valence-electron chi connectivity index (χ4n) is 2.95. The van der Waals surface area contributed by atoms with Crippen LogP contribution in [0.2, 0.25) is 0 Å². The molecule has 0 fully saturated rings. The first kappa shape index (κ1) is 13.1. The zero-order valence-electron chi connectivity index (χ0n) is 11.1. The minimum absolute atomic E-state index is 0.420. The van der Waals surface area contributed by atoms with E-state index in [4.69, 9.17) is 18.0 Å².